The number of sulfonamides is 1. The van der Waals surface area contributed by atoms with E-state index < -0.39 is 10.0 Å². The van der Waals surface area contributed by atoms with Gasteiger partial charge in [-0.3, -0.25) is 4.72 Å². The Kier molecular flexibility index (Phi) is 4.54. The molecule has 1 heterocycles. The molecule has 1 aromatic heterocycles. The maximum atomic E-state index is 12.1. The quantitative estimate of drug-likeness (QED) is 0.822. The second kappa shape index (κ2) is 6.19. The molecule has 3 N–H and O–H groups in total. The van der Waals surface area contributed by atoms with Gasteiger partial charge in [-0.05, 0) is 30.2 Å². The van der Waals surface area contributed by atoms with E-state index in [4.69, 9.17) is 18.0 Å². The number of benzene rings is 1. The Bertz CT molecular complexity index is 756. The Balaban J connectivity index is 2.12. The summed E-state index contributed by atoms with van der Waals surface area (Å²) in [6.07, 6.45) is 1.56. The number of aromatic nitrogens is 1. The van der Waals surface area contributed by atoms with E-state index in [0.717, 1.165) is 5.56 Å². The fourth-order valence-corrected chi connectivity index (χ4v) is 3.04. The summed E-state index contributed by atoms with van der Waals surface area (Å²) in [5, 5.41) is 0. The number of rotatable bonds is 5. The molecular weight excluding hydrogens is 306 g/mol. The molecule has 0 atom stereocenters. The van der Waals surface area contributed by atoms with Crippen molar-refractivity contribution in [3.63, 3.8) is 0 Å². The van der Waals surface area contributed by atoms with Gasteiger partial charge in [0.2, 0.25) is 10.0 Å². The first kappa shape index (κ1) is 15.4. The van der Waals surface area contributed by atoms with Gasteiger partial charge in [0.15, 0.2) is 0 Å². The van der Waals surface area contributed by atoms with Crippen molar-refractivity contribution in [1.29, 1.82) is 0 Å². The number of hydrogen-bond donors (Lipinski definition) is 2. The predicted molar refractivity (Wildman–Crippen MR) is 87.5 cm³/mol. The van der Waals surface area contributed by atoms with Crippen molar-refractivity contribution in [3.8, 4) is 0 Å². The highest BCUT2D eigenvalue weighted by molar-refractivity contribution is 7.91. The van der Waals surface area contributed by atoms with E-state index in [0.29, 0.717) is 16.9 Å². The minimum atomic E-state index is -3.51. The molecule has 2 aromatic rings. The van der Waals surface area contributed by atoms with Crippen LogP contribution < -0.4 is 10.5 Å². The number of nitrogens with zero attached hydrogens (tertiary/aromatic N) is 1. The normalized spacial score (nSPS) is 11.1. The summed E-state index contributed by atoms with van der Waals surface area (Å²) in [5.41, 5.74) is 7.79. The Morgan fingerprint density at radius 2 is 1.95 bits per heavy atom. The zero-order valence-electron chi connectivity index (χ0n) is 11.4. The molecule has 7 heteroatoms. The van der Waals surface area contributed by atoms with Crippen LogP contribution in [0, 0.1) is 6.92 Å². The zero-order chi connectivity index (χ0) is 15.5. The van der Waals surface area contributed by atoms with Crippen molar-refractivity contribution < 1.29 is 8.42 Å². The van der Waals surface area contributed by atoms with Gasteiger partial charge in [0.1, 0.15) is 10.8 Å². The molecule has 0 radical (unpaired) electrons. The molecule has 5 nitrogen and oxygen atoms in total. The highest BCUT2D eigenvalue weighted by Gasteiger charge is 2.12. The first-order valence-electron chi connectivity index (χ1n) is 6.18. The molecule has 110 valence electrons. The van der Waals surface area contributed by atoms with Crippen LogP contribution in [0.2, 0.25) is 0 Å². The SMILES string of the molecule is Cc1ccnc(NS(=O)(=O)Cc2ccc(C(N)=S)cc2)c1. The lowest BCUT2D eigenvalue weighted by atomic mass is 10.1. The van der Waals surface area contributed by atoms with Gasteiger partial charge >= 0.3 is 0 Å². The van der Waals surface area contributed by atoms with Crippen LogP contribution in [0.15, 0.2) is 42.6 Å². The summed E-state index contributed by atoms with van der Waals surface area (Å²) < 4.78 is 26.7. The Labute approximate surface area is 129 Å². The van der Waals surface area contributed by atoms with Crippen LogP contribution in [0.3, 0.4) is 0 Å². The van der Waals surface area contributed by atoms with Crippen LogP contribution in [-0.4, -0.2) is 18.4 Å². The average Bonchev–Trinajstić information content (AvgIpc) is 2.38. The van der Waals surface area contributed by atoms with Gasteiger partial charge in [-0.15, -0.1) is 0 Å². The summed E-state index contributed by atoms with van der Waals surface area (Å²) in [4.78, 5) is 4.26. The fraction of sp³-hybridized carbons (Fsp3) is 0.143. The van der Waals surface area contributed by atoms with Crippen LogP contribution in [-0.2, 0) is 15.8 Å². The summed E-state index contributed by atoms with van der Waals surface area (Å²) >= 11 is 4.85. The molecule has 0 unspecified atom stereocenters. The van der Waals surface area contributed by atoms with Crippen molar-refractivity contribution in [2.24, 2.45) is 5.73 Å². The molecule has 0 aliphatic rings. The predicted octanol–water partition coefficient (Wildman–Crippen LogP) is 1.97. The van der Waals surface area contributed by atoms with Gasteiger partial charge in [0, 0.05) is 11.8 Å². The smallest absolute Gasteiger partial charge is 0.238 e. The number of anilines is 1. The molecule has 0 fully saturated rings. The van der Waals surface area contributed by atoms with E-state index in [9.17, 15) is 8.42 Å². The first-order valence-corrected chi connectivity index (χ1v) is 8.24. The topological polar surface area (TPSA) is 85.1 Å². The van der Waals surface area contributed by atoms with E-state index >= 15 is 0 Å². The van der Waals surface area contributed by atoms with Gasteiger partial charge in [0.25, 0.3) is 0 Å². The number of nitrogens with two attached hydrogens (primary N) is 1. The standard InChI is InChI=1S/C14H15N3O2S2/c1-10-6-7-16-13(8-10)17-21(18,19)9-11-2-4-12(5-3-11)14(15)20/h2-8H,9H2,1H3,(H2,15,20)(H,16,17). The van der Waals surface area contributed by atoms with Crippen molar-refractivity contribution in [1.82, 2.24) is 4.98 Å². The molecule has 0 spiro atoms. The van der Waals surface area contributed by atoms with Gasteiger partial charge in [-0.2, -0.15) is 0 Å². The second-order valence-electron chi connectivity index (χ2n) is 4.64. The third-order valence-electron chi connectivity index (χ3n) is 2.77. The molecule has 21 heavy (non-hydrogen) atoms. The van der Waals surface area contributed by atoms with Crippen molar-refractivity contribution in [2.45, 2.75) is 12.7 Å². The largest absolute Gasteiger partial charge is 0.389 e. The first-order chi connectivity index (χ1) is 9.85. The van der Waals surface area contributed by atoms with Gasteiger partial charge in [-0.1, -0.05) is 36.5 Å². The van der Waals surface area contributed by atoms with Crippen LogP contribution in [0.25, 0.3) is 0 Å². The maximum Gasteiger partial charge on any atom is 0.238 e. The summed E-state index contributed by atoms with van der Waals surface area (Å²) in [6.45, 7) is 1.87. The van der Waals surface area contributed by atoms with Crippen molar-refractivity contribution in [2.75, 3.05) is 4.72 Å². The van der Waals surface area contributed by atoms with Gasteiger partial charge in [0.05, 0.1) is 5.75 Å². The average molecular weight is 321 g/mol. The van der Waals surface area contributed by atoms with Crippen LogP contribution in [0.4, 0.5) is 5.82 Å². The van der Waals surface area contributed by atoms with Gasteiger partial charge < -0.3 is 5.73 Å². The summed E-state index contributed by atoms with van der Waals surface area (Å²) in [6, 6.07) is 10.3. The number of nitrogens with one attached hydrogen (secondary N) is 1. The van der Waals surface area contributed by atoms with Crippen LogP contribution in [0.5, 0.6) is 0 Å². The molecule has 0 aliphatic heterocycles. The number of thiocarbonyl (C=S) groups is 1. The highest BCUT2D eigenvalue weighted by atomic mass is 32.2. The zero-order valence-corrected chi connectivity index (χ0v) is 13.0. The molecular formula is C14H15N3O2S2. The van der Waals surface area contributed by atoms with E-state index in [2.05, 4.69) is 9.71 Å². The van der Waals surface area contributed by atoms with Crippen LogP contribution >= 0.6 is 12.2 Å². The third-order valence-corrected chi connectivity index (χ3v) is 4.24. The molecule has 0 aliphatic carbocycles. The van der Waals surface area contributed by atoms with E-state index in [-0.39, 0.29) is 10.7 Å². The second-order valence-corrected chi connectivity index (χ2v) is 6.80. The lowest BCUT2D eigenvalue weighted by Gasteiger charge is -2.08. The Morgan fingerprint density at radius 1 is 1.29 bits per heavy atom. The molecule has 0 bridgehead atoms. The number of pyridine rings is 1. The summed E-state index contributed by atoms with van der Waals surface area (Å²) in [7, 11) is -3.51. The molecule has 0 saturated carbocycles. The molecule has 0 saturated heterocycles. The minimum absolute atomic E-state index is 0.139. The number of aryl methyl sites for hydroxylation is 1. The number of hydrogen-bond acceptors (Lipinski definition) is 4. The molecule has 2 rings (SSSR count). The lowest BCUT2D eigenvalue weighted by Crippen LogP contribution is -2.16. The van der Waals surface area contributed by atoms with Crippen molar-refractivity contribution in [3.05, 3.63) is 59.3 Å². The van der Waals surface area contributed by atoms with Crippen LogP contribution in [0.1, 0.15) is 16.7 Å². The molecule has 1 aromatic carbocycles. The van der Waals surface area contributed by atoms with E-state index in [1.165, 1.54) is 0 Å². The van der Waals surface area contributed by atoms with Gasteiger partial charge in [-0.25, -0.2) is 13.4 Å². The third kappa shape index (κ3) is 4.51. The van der Waals surface area contributed by atoms with E-state index in [1.807, 2.05) is 6.92 Å². The maximum absolute atomic E-state index is 12.1. The molecule has 0 amide bonds. The highest BCUT2D eigenvalue weighted by Crippen LogP contribution is 2.12. The lowest BCUT2D eigenvalue weighted by molar-refractivity contribution is 0.600. The van der Waals surface area contributed by atoms with Crippen molar-refractivity contribution >= 4 is 33.0 Å². The Hall–Kier alpha value is -1.99. The fourth-order valence-electron chi connectivity index (χ4n) is 1.77. The summed E-state index contributed by atoms with van der Waals surface area (Å²) in [5.74, 6) is 0.176. The monoisotopic (exact) mass is 321 g/mol. The minimum Gasteiger partial charge on any atom is -0.389 e. The Morgan fingerprint density at radius 3 is 2.52 bits per heavy atom. The van der Waals surface area contributed by atoms with E-state index in [1.54, 1.807) is 42.6 Å².